The average Bonchev–Trinajstić information content (AvgIpc) is 2.99. The molecule has 0 atom stereocenters. The van der Waals surface area contributed by atoms with E-state index in [1.54, 1.807) is 5.38 Å². The molecule has 0 unspecified atom stereocenters. The first-order valence-electron chi connectivity index (χ1n) is 10.3. The summed E-state index contributed by atoms with van der Waals surface area (Å²) in [6.07, 6.45) is 0. The first-order valence-corrected chi connectivity index (χ1v) is 7.18. The SMILES string of the molecule is [2H]C1([2H])OC([2H])([2H])C([2H])([2H])N(c2cc(B3OC(C)(C)C(C)(C)O3)cs2)C1([2H])[2H]. The van der Waals surface area contributed by atoms with Crippen molar-refractivity contribution in [2.45, 2.75) is 38.9 Å². The molecule has 3 rings (SSSR count). The van der Waals surface area contributed by atoms with Crippen LogP contribution < -0.4 is 10.4 Å². The summed E-state index contributed by atoms with van der Waals surface area (Å²) < 4.78 is 80.1. The predicted octanol–water partition coefficient (Wildman–Crippen LogP) is 1.88. The molecule has 0 radical (unpaired) electrons. The van der Waals surface area contributed by atoms with Crippen molar-refractivity contribution in [2.24, 2.45) is 0 Å². The molecule has 3 heterocycles. The van der Waals surface area contributed by atoms with Crippen molar-refractivity contribution in [1.82, 2.24) is 0 Å². The van der Waals surface area contributed by atoms with Gasteiger partial charge < -0.3 is 18.9 Å². The van der Waals surface area contributed by atoms with Gasteiger partial charge >= 0.3 is 7.12 Å². The van der Waals surface area contributed by atoms with Crippen LogP contribution in [-0.2, 0) is 14.0 Å². The van der Waals surface area contributed by atoms with Gasteiger partial charge in [-0.1, -0.05) is 0 Å². The topological polar surface area (TPSA) is 30.9 Å². The van der Waals surface area contributed by atoms with Gasteiger partial charge in [-0.3, -0.25) is 0 Å². The van der Waals surface area contributed by atoms with Gasteiger partial charge in [-0.15, -0.1) is 11.3 Å². The molecule has 2 saturated heterocycles. The van der Waals surface area contributed by atoms with Crippen LogP contribution in [0.1, 0.15) is 38.7 Å². The van der Waals surface area contributed by atoms with Crippen molar-refractivity contribution in [3.8, 4) is 0 Å². The summed E-state index contributed by atoms with van der Waals surface area (Å²) >= 11 is 0.946. The van der Waals surface area contributed by atoms with Gasteiger partial charge in [-0.2, -0.15) is 0 Å². The number of hydrogen-bond donors (Lipinski definition) is 0. The summed E-state index contributed by atoms with van der Waals surface area (Å²) in [4.78, 5) is 0.461. The summed E-state index contributed by atoms with van der Waals surface area (Å²) in [6, 6.07) is 1.43. The second-order valence-corrected chi connectivity index (χ2v) is 6.56. The van der Waals surface area contributed by atoms with Gasteiger partial charge in [0.05, 0.1) is 40.3 Å². The Bertz CT molecular complexity index is 742. The number of rotatable bonds is 2. The fourth-order valence-corrected chi connectivity index (χ4v) is 2.70. The first kappa shape index (κ1) is 7.63. The summed E-state index contributed by atoms with van der Waals surface area (Å²) in [7, 11) is -0.763. The Balaban J connectivity index is 2.01. The fourth-order valence-electron chi connectivity index (χ4n) is 1.86. The second-order valence-electron chi connectivity index (χ2n) is 5.67. The van der Waals surface area contributed by atoms with Crippen molar-refractivity contribution < 1.29 is 25.0 Å². The zero-order valence-electron chi connectivity index (χ0n) is 19.8. The van der Waals surface area contributed by atoms with Crippen LogP contribution in [0, 0.1) is 0 Å². The summed E-state index contributed by atoms with van der Waals surface area (Å²) in [5.74, 6) is 0. The van der Waals surface area contributed by atoms with Gasteiger partial charge in [0.1, 0.15) is 0 Å². The molecule has 2 aliphatic rings. The van der Waals surface area contributed by atoms with Crippen molar-refractivity contribution in [3.05, 3.63) is 11.4 Å². The fraction of sp³-hybridized carbons (Fsp3) is 0.714. The molecule has 0 N–H and O–H groups in total. The van der Waals surface area contributed by atoms with E-state index in [0.29, 0.717) is 10.4 Å². The number of nitrogens with zero attached hydrogens (tertiary/aromatic N) is 1. The van der Waals surface area contributed by atoms with Crippen LogP contribution >= 0.6 is 11.3 Å². The lowest BCUT2D eigenvalue weighted by Gasteiger charge is -2.32. The van der Waals surface area contributed by atoms with E-state index < -0.39 is 44.4 Å². The molecule has 0 spiro atoms. The molecule has 2 aliphatic heterocycles. The van der Waals surface area contributed by atoms with Gasteiger partial charge in [0.25, 0.3) is 0 Å². The molecule has 20 heavy (non-hydrogen) atoms. The Morgan fingerprint density at radius 2 is 1.80 bits per heavy atom. The molecule has 1 aromatic rings. The number of thiophene rings is 1. The third kappa shape index (κ3) is 2.50. The van der Waals surface area contributed by atoms with Gasteiger partial charge in [-0.05, 0) is 44.6 Å². The van der Waals surface area contributed by atoms with Crippen LogP contribution in [0.25, 0.3) is 0 Å². The molecule has 0 aliphatic carbocycles. The van der Waals surface area contributed by atoms with Crippen LogP contribution in [0.4, 0.5) is 5.00 Å². The van der Waals surface area contributed by atoms with Gasteiger partial charge in [0.15, 0.2) is 0 Å². The minimum atomic E-state index is -3.09. The monoisotopic (exact) mass is 303 g/mol. The lowest BCUT2D eigenvalue weighted by Crippen LogP contribution is -2.41. The summed E-state index contributed by atoms with van der Waals surface area (Å²) in [6.45, 7) is -4.61. The van der Waals surface area contributed by atoms with Crippen molar-refractivity contribution in [3.63, 3.8) is 0 Å². The van der Waals surface area contributed by atoms with E-state index in [9.17, 15) is 0 Å². The third-order valence-electron chi connectivity index (χ3n) is 3.77. The molecule has 4 nitrogen and oxygen atoms in total. The van der Waals surface area contributed by atoms with E-state index >= 15 is 0 Å². The van der Waals surface area contributed by atoms with Crippen LogP contribution in [0.5, 0.6) is 0 Å². The molecule has 2 fully saturated rings. The highest BCUT2D eigenvalue weighted by atomic mass is 32.1. The highest BCUT2D eigenvalue weighted by molar-refractivity contribution is 7.15. The summed E-state index contributed by atoms with van der Waals surface area (Å²) in [5, 5.41) is 1.60. The maximum Gasteiger partial charge on any atom is 0.495 e. The molecule has 0 bridgehead atoms. The highest BCUT2D eigenvalue weighted by Gasteiger charge is 2.51. The Morgan fingerprint density at radius 1 is 1.20 bits per heavy atom. The minimum absolute atomic E-state index is 0.00392. The van der Waals surface area contributed by atoms with Crippen LogP contribution in [0.3, 0.4) is 0 Å². The largest absolute Gasteiger partial charge is 0.495 e. The smallest absolute Gasteiger partial charge is 0.399 e. The Hall–Kier alpha value is -0.555. The predicted molar refractivity (Wildman–Crippen MR) is 83.1 cm³/mol. The average molecular weight is 303 g/mol. The van der Waals surface area contributed by atoms with Crippen molar-refractivity contribution in [1.29, 1.82) is 0 Å². The van der Waals surface area contributed by atoms with E-state index in [2.05, 4.69) is 4.74 Å². The number of ether oxygens (including phenoxy) is 1. The molecule has 6 heteroatoms. The lowest BCUT2D eigenvalue weighted by molar-refractivity contribution is 0.00578. The van der Waals surface area contributed by atoms with Crippen LogP contribution in [-0.4, -0.2) is 44.4 Å². The number of anilines is 1. The maximum atomic E-state index is 8.13. The number of hydrogen-bond acceptors (Lipinski definition) is 5. The standard InChI is InChI=1S/C14H22BNO3S/c1-13(2)14(3,4)19-15(18-13)11-9-12(20-10-11)16-5-7-17-8-6-16/h9-10H,5-8H2,1-4H3/i5D2,6D2,7D2,8D2. The first-order chi connectivity index (χ1) is 12.4. The highest BCUT2D eigenvalue weighted by Crippen LogP contribution is 2.37. The molecular weight excluding hydrogens is 273 g/mol. The van der Waals surface area contributed by atoms with E-state index in [1.807, 2.05) is 27.7 Å². The second kappa shape index (κ2) is 5.02. The van der Waals surface area contributed by atoms with E-state index in [1.165, 1.54) is 6.07 Å². The Labute approximate surface area is 136 Å². The van der Waals surface area contributed by atoms with Crippen LogP contribution in [0.15, 0.2) is 11.4 Å². The molecule has 0 amide bonds. The van der Waals surface area contributed by atoms with E-state index in [4.69, 9.17) is 20.3 Å². The zero-order chi connectivity index (χ0) is 21.6. The van der Waals surface area contributed by atoms with E-state index in [-0.39, 0.29) is 5.00 Å². The van der Waals surface area contributed by atoms with Crippen molar-refractivity contribution in [2.75, 3.05) is 31.0 Å². The van der Waals surface area contributed by atoms with Crippen LogP contribution in [0.2, 0.25) is 0 Å². The Kier molecular flexibility index (Phi) is 1.91. The van der Waals surface area contributed by atoms with Gasteiger partial charge in [0.2, 0.25) is 0 Å². The molecule has 0 aromatic carbocycles. The van der Waals surface area contributed by atoms with Gasteiger partial charge in [-0.25, -0.2) is 0 Å². The maximum absolute atomic E-state index is 8.13. The lowest BCUT2D eigenvalue weighted by atomic mass is 9.81. The normalized spacial score (nSPS) is 41.2. The van der Waals surface area contributed by atoms with Crippen molar-refractivity contribution >= 4 is 28.9 Å². The van der Waals surface area contributed by atoms with Gasteiger partial charge in [0, 0.05) is 13.0 Å². The molecule has 110 valence electrons. The zero-order valence-corrected chi connectivity index (χ0v) is 12.6. The summed E-state index contributed by atoms with van der Waals surface area (Å²) in [5.41, 5.74) is -0.689. The van der Waals surface area contributed by atoms with E-state index in [0.717, 1.165) is 11.3 Å². The number of morpholine rings is 1. The minimum Gasteiger partial charge on any atom is -0.399 e. The third-order valence-corrected chi connectivity index (χ3v) is 4.70. The molecule has 1 aromatic heterocycles. The quantitative estimate of drug-likeness (QED) is 0.781. The Morgan fingerprint density at radius 3 is 2.40 bits per heavy atom. The molecule has 0 saturated carbocycles. The molecular formula is C14H22BNO3S.